The molecule has 1 heterocycles. The molecule has 2 atom stereocenters. The second kappa shape index (κ2) is 15.7. The summed E-state index contributed by atoms with van der Waals surface area (Å²) in [5.41, 5.74) is 0.441. The molecule has 0 aliphatic carbocycles. The van der Waals surface area contributed by atoms with E-state index in [1.165, 1.54) is 96.3 Å². The van der Waals surface area contributed by atoms with Gasteiger partial charge in [0, 0.05) is 0 Å². The van der Waals surface area contributed by atoms with Crippen LogP contribution in [0.4, 0.5) is 0 Å². The summed E-state index contributed by atoms with van der Waals surface area (Å²) in [6.07, 6.45) is 23.0. The molecule has 2 nitrogen and oxygen atoms in total. The van der Waals surface area contributed by atoms with Crippen LogP contribution in [-0.2, 0) is 9.47 Å². The first-order valence-electron chi connectivity index (χ1n) is 12.8. The van der Waals surface area contributed by atoms with Crippen LogP contribution in [0.3, 0.4) is 0 Å². The predicted molar refractivity (Wildman–Crippen MR) is 123 cm³/mol. The van der Waals surface area contributed by atoms with E-state index in [9.17, 15) is 0 Å². The molecule has 1 saturated heterocycles. The third-order valence-corrected chi connectivity index (χ3v) is 6.09. The minimum absolute atomic E-state index is 0.0509. The lowest BCUT2D eigenvalue weighted by Crippen LogP contribution is -2.38. The van der Waals surface area contributed by atoms with Gasteiger partial charge < -0.3 is 9.47 Å². The minimum atomic E-state index is 0.0509. The molecule has 0 amide bonds. The Morgan fingerprint density at radius 3 is 1.54 bits per heavy atom. The van der Waals surface area contributed by atoms with E-state index in [1.807, 2.05) is 0 Å². The molecule has 168 valence electrons. The molecule has 2 heteroatoms. The molecule has 0 radical (unpaired) electrons. The molecule has 1 aliphatic heterocycles. The molecule has 28 heavy (non-hydrogen) atoms. The first-order valence-corrected chi connectivity index (χ1v) is 12.8. The highest BCUT2D eigenvalue weighted by Gasteiger charge is 2.29. The Morgan fingerprint density at radius 2 is 1.07 bits per heavy atom. The van der Waals surface area contributed by atoms with Crippen LogP contribution in [-0.4, -0.2) is 18.5 Å². The summed E-state index contributed by atoms with van der Waals surface area (Å²) in [7, 11) is 0. The van der Waals surface area contributed by atoms with Crippen molar-refractivity contribution in [2.45, 2.75) is 162 Å². The third kappa shape index (κ3) is 14.0. The highest BCUT2D eigenvalue weighted by molar-refractivity contribution is 4.74. The Kier molecular flexibility index (Phi) is 14.6. The molecule has 0 bridgehead atoms. The quantitative estimate of drug-likeness (QED) is 0.243. The van der Waals surface area contributed by atoms with Crippen LogP contribution >= 0.6 is 0 Å². The second-order valence-electron chi connectivity index (χ2n) is 10.4. The van der Waals surface area contributed by atoms with Gasteiger partial charge in [0.2, 0.25) is 0 Å². The highest BCUT2D eigenvalue weighted by atomic mass is 16.7. The molecular weight excluding hydrogens is 344 g/mol. The van der Waals surface area contributed by atoms with Crippen LogP contribution in [0.15, 0.2) is 0 Å². The van der Waals surface area contributed by atoms with E-state index < -0.39 is 0 Å². The van der Waals surface area contributed by atoms with Crippen molar-refractivity contribution in [2.24, 2.45) is 5.41 Å². The number of unbranched alkanes of at least 4 members (excludes halogenated alkanes) is 9. The van der Waals surface area contributed by atoms with Gasteiger partial charge in [0.1, 0.15) is 0 Å². The molecule has 0 aromatic rings. The van der Waals surface area contributed by atoms with Crippen molar-refractivity contribution in [2.75, 3.05) is 0 Å². The maximum Gasteiger partial charge on any atom is 0.158 e. The zero-order chi connectivity index (χ0) is 20.7. The summed E-state index contributed by atoms with van der Waals surface area (Å²) < 4.78 is 12.8. The van der Waals surface area contributed by atoms with Crippen LogP contribution in [0.2, 0.25) is 0 Å². The largest absolute Gasteiger partial charge is 0.349 e. The van der Waals surface area contributed by atoms with Crippen molar-refractivity contribution in [3.63, 3.8) is 0 Å². The summed E-state index contributed by atoms with van der Waals surface area (Å²) >= 11 is 0. The van der Waals surface area contributed by atoms with Gasteiger partial charge in [-0.25, -0.2) is 0 Å². The van der Waals surface area contributed by atoms with Gasteiger partial charge in [-0.2, -0.15) is 0 Å². The van der Waals surface area contributed by atoms with E-state index in [4.69, 9.17) is 9.47 Å². The van der Waals surface area contributed by atoms with Crippen LogP contribution in [0.1, 0.15) is 144 Å². The van der Waals surface area contributed by atoms with Crippen LogP contribution in [0.25, 0.3) is 0 Å². The number of hydrogen-bond acceptors (Lipinski definition) is 2. The number of hydrogen-bond donors (Lipinski definition) is 0. The monoisotopic (exact) mass is 396 g/mol. The van der Waals surface area contributed by atoms with E-state index in [2.05, 4.69) is 34.6 Å². The molecule has 1 rings (SSSR count). The molecule has 0 aromatic heterocycles. The summed E-state index contributed by atoms with van der Waals surface area (Å²) in [4.78, 5) is 0. The SMILES string of the molecule is CCCCCCCC1CC(CCCCCCC)OC(CCCCC(C)(C)C)O1. The summed E-state index contributed by atoms with van der Waals surface area (Å²) in [6, 6.07) is 0. The van der Waals surface area contributed by atoms with Crippen molar-refractivity contribution in [1.82, 2.24) is 0 Å². The predicted octanol–water partition coefficient (Wildman–Crippen LogP) is 8.81. The fraction of sp³-hybridized carbons (Fsp3) is 1.00. The highest BCUT2D eigenvalue weighted by Crippen LogP contribution is 2.29. The fourth-order valence-electron chi connectivity index (χ4n) is 4.29. The molecule has 0 aromatic carbocycles. The standard InChI is InChI=1S/C26H52O2/c1-6-8-10-12-14-18-23-22-24(19-15-13-11-9-7-2)28-25(27-23)20-16-17-21-26(3,4)5/h23-25H,6-22H2,1-5H3. The molecule has 0 saturated carbocycles. The van der Waals surface area contributed by atoms with E-state index in [0.717, 1.165) is 12.8 Å². The van der Waals surface area contributed by atoms with Crippen molar-refractivity contribution >= 4 is 0 Å². The van der Waals surface area contributed by atoms with Crippen LogP contribution < -0.4 is 0 Å². The Hall–Kier alpha value is -0.0800. The zero-order valence-electron chi connectivity index (χ0n) is 20.1. The van der Waals surface area contributed by atoms with E-state index >= 15 is 0 Å². The van der Waals surface area contributed by atoms with Crippen molar-refractivity contribution in [3.05, 3.63) is 0 Å². The average Bonchev–Trinajstić information content (AvgIpc) is 2.64. The van der Waals surface area contributed by atoms with Crippen molar-refractivity contribution in [1.29, 1.82) is 0 Å². The fourth-order valence-corrected chi connectivity index (χ4v) is 4.29. The summed E-state index contributed by atoms with van der Waals surface area (Å²) in [5, 5.41) is 0. The van der Waals surface area contributed by atoms with Gasteiger partial charge in [0.25, 0.3) is 0 Å². The maximum absolute atomic E-state index is 6.38. The minimum Gasteiger partial charge on any atom is -0.349 e. The Labute approximate surface area is 177 Å². The van der Waals surface area contributed by atoms with Crippen molar-refractivity contribution < 1.29 is 9.47 Å². The average molecular weight is 397 g/mol. The van der Waals surface area contributed by atoms with Gasteiger partial charge in [0.05, 0.1) is 12.2 Å². The van der Waals surface area contributed by atoms with E-state index in [1.54, 1.807) is 0 Å². The lowest BCUT2D eigenvalue weighted by molar-refractivity contribution is -0.247. The summed E-state index contributed by atoms with van der Waals surface area (Å²) in [5.74, 6) is 0. The van der Waals surface area contributed by atoms with Gasteiger partial charge in [-0.05, 0) is 43.9 Å². The van der Waals surface area contributed by atoms with Crippen LogP contribution in [0, 0.1) is 5.41 Å². The van der Waals surface area contributed by atoms with E-state index in [-0.39, 0.29) is 6.29 Å². The van der Waals surface area contributed by atoms with Gasteiger partial charge in [-0.3, -0.25) is 0 Å². The van der Waals surface area contributed by atoms with Gasteiger partial charge >= 0.3 is 0 Å². The molecule has 0 spiro atoms. The first-order chi connectivity index (χ1) is 13.4. The van der Waals surface area contributed by atoms with Gasteiger partial charge in [-0.15, -0.1) is 0 Å². The maximum atomic E-state index is 6.38. The Morgan fingerprint density at radius 1 is 0.607 bits per heavy atom. The zero-order valence-corrected chi connectivity index (χ0v) is 20.1. The van der Waals surface area contributed by atoms with Gasteiger partial charge in [0.15, 0.2) is 6.29 Å². The molecular formula is C26H52O2. The normalized spacial score (nSPS) is 23.2. The molecule has 0 N–H and O–H groups in total. The Bertz CT molecular complexity index is 325. The lowest BCUT2D eigenvalue weighted by Gasteiger charge is -2.36. The van der Waals surface area contributed by atoms with Gasteiger partial charge in [-0.1, -0.05) is 105 Å². The second-order valence-corrected chi connectivity index (χ2v) is 10.4. The number of ether oxygens (including phenoxy) is 2. The lowest BCUT2D eigenvalue weighted by atomic mass is 9.89. The molecule has 1 aliphatic rings. The smallest absolute Gasteiger partial charge is 0.158 e. The number of rotatable bonds is 16. The summed E-state index contributed by atoms with van der Waals surface area (Å²) in [6.45, 7) is 11.6. The molecule has 2 unspecified atom stereocenters. The molecule has 1 fully saturated rings. The first kappa shape index (κ1) is 26.0. The van der Waals surface area contributed by atoms with E-state index in [0.29, 0.717) is 17.6 Å². The van der Waals surface area contributed by atoms with Crippen molar-refractivity contribution in [3.8, 4) is 0 Å². The topological polar surface area (TPSA) is 18.5 Å². The third-order valence-electron chi connectivity index (χ3n) is 6.09. The Balaban J connectivity index is 2.36. The van der Waals surface area contributed by atoms with Crippen LogP contribution in [0.5, 0.6) is 0 Å².